The zero-order valence-corrected chi connectivity index (χ0v) is 12.3. The molecule has 4 aromatic rings. The molecule has 2 bridgehead atoms. The second-order valence-electron chi connectivity index (χ2n) is 5.84. The third kappa shape index (κ3) is 1.19. The molecular weight excluding hydrogens is 272 g/mol. The largest absolute Gasteiger partial charge is 0.423 e. The van der Waals surface area contributed by atoms with Gasteiger partial charge in [-0.1, -0.05) is 37.4 Å². The van der Waals surface area contributed by atoms with E-state index < -0.39 is 0 Å². The van der Waals surface area contributed by atoms with Crippen LogP contribution in [0.5, 0.6) is 0 Å². The topological polar surface area (TPSA) is 23.0 Å². The molecule has 3 heteroatoms. The van der Waals surface area contributed by atoms with Crippen LogP contribution in [-0.2, 0) is 13.1 Å². The molecule has 0 atom stereocenters. The van der Waals surface area contributed by atoms with Crippen LogP contribution in [0.3, 0.4) is 0 Å². The Kier molecular flexibility index (Phi) is 2.14. The van der Waals surface area contributed by atoms with Gasteiger partial charge in [0.15, 0.2) is 0 Å². The first-order valence-corrected chi connectivity index (χ1v) is 7.66. The number of furan rings is 1. The van der Waals surface area contributed by atoms with Crippen LogP contribution in [0.4, 0.5) is 0 Å². The summed E-state index contributed by atoms with van der Waals surface area (Å²) < 4.78 is 10.9. The average molecular weight is 288 g/mol. The third-order valence-electron chi connectivity index (χ3n) is 4.82. The van der Waals surface area contributed by atoms with E-state index in [-0.39, 0.29) is 0 Å². The van der Waals surface area contributed by atoms with Gasteiger partial charge in [0.2, 0.25) is 11.4 Å². The highest BCUT2D eigenvalue weighted by molar-refractivity contribution is 6.21. The quantitative estimate of drug-likeness (QED) is 0.507. The Morgan fingerprint density at radius 3 is 2.55 bits per heavy atom. The summed E-state index contributed by atoms with van der Waals surface area (Å²) in [7, 11) is 0. The third-order valence-corrected chi connectivity index (χ3v) is 4.82. The number of nitrogens with zero attached hydrogens (tertiary/aromatic N) is 2. The van der Waals surface area contributed by atoms with Crippen molar-refractivity contribution in [2.24, 2.45) is 0 Å². The molecule has 108 valence electrons. The number of aryl methyl sites for hydroxylation is 2. The first-order valence-electron chi connectivity index (χ1n) is 7.66. The molecule has 0 radical (unpaired) electrons. The lowest BCUT2D eigenvalue weighted by Gasteiger charge is -2.12. The van der Waals surface area contributed by atoms with E-state index in [9.17, 15) is 0 Å². The summed E-state index contributed by atoms with van der Waals surface area (Å²) in [5.41, 5.74) is 5.44. The van der Waals surface area contributed by atoms with Crippen LogP contribution in [0, 0.1) is 0 Å². The second kappa shape index (κ2) is 3.95. The predicted molar refractivity (Wildman–Crippen MR) is 92.0 cm³/mol. The summed E-state index contributed by atoms with van der Waals surface area (Å²) in [6.45, 7) is 9.92. The minimum atomic E-state index is 0.941. The molecule has 4 heterocycles. The molecule has 1 aromatic carbocycles. The maximum Gasteiger partial charge on any atom is 0.211 e. The number of fused-ring (bicyclic) bond motifs is 4. The molecule has 0 amide bonds. The normalized spacial score (nSPS) is 14.2. The Balaban J connectivity index is 2.17. The summed E-state index contributed by atoms with van der Waals surface area (Å²) >= 11 is 0. The Morgan fingerprint density at radius 2 is 1.73 bits per heavy atom. The van der Waals surface area contributed by atoms with Crippen LogP contribution in [0.25, 0.3) is 45.3 Å². The van der Waals surface area contributed by atoms with Gasteiger partial charge in [-0.2, -0.15) is 0 Å². The first kappa shape index (κ1) is 11.9. The van der Waals surface area contributed by atoms with Crippen LogP contribution < -0.4 is 0 Å². The van der Waals surface area contributed by atoms with Gasteiger partial charge in [-0.05, 0) is 18.6 Å². The van der Waals surface area contributed by atoms with E-state index in [1.54, 1.807) is 0 Å². The molecule has 3 nitrogen and oxygen atoms in total. The van der Waals surface area contributed by atoms with Crippen molar-refractivity contribution in [2.45, 2.75) is 19.5 Å². The molecule has 0 unspecified atom stereocenters. The average Bonchev–Trinajstić information content (AvgIpc) is 3.13. The fourth-order valence-electron chi connectivity index (χ4n) is 3.96. The van der Waals surface area contributed by atoms with Crippen molar-refractivity contribution >= 4 is 45.3 Å². The molecule has 0 aliphatic carbocycles. The van der Waals surface area contributed by atoms with E-state index in [0.29, 0.717) is 0 Å². The van der Waals surface area contributed by atoms with E-state index >= 15 is 0 Å². The SMILES string of the molecule is C=Cc1c(C=C)n2c3oc4c(c5ccccc5n4CCC2)c13. The predicted octanol–water partition coefficient (Wildman–Crippen LogP) is 5.03. The minimum Gasteiger partial charge on any atom is -0.423 e. The highest BCUT2D eigenvalue weighted by Gasteiger charge is 2.26. The van der Waals surface area contributed by atoms with Gasteiger partial charge in [0.1, 0.15) is 0 Å². The molecule has 0 saturated carbocycles. The molecule has 0 fully saturated rings. The molecule has 0 N–H and O–H groups in total. The number of aromatic nitrogens is 2. The lowest BCUT2D eigenvalue weighted by molar-refractivity contribution is 0.499. The van der Waals surface area contributed by atoms with E-state index in [4.69, 9.17) is 4.42 Å². The second-order valence-corrected chi connectivity index (χ2v) is 5.84. The standard InChI is InChI=1S/C19H16N2O/c1-3-12-14(4-2)20-10-7-11-21-15-9-6-5-8-13(15)17-16(12)18(20)22-19(17)21/h3-6,8-9H,1-2,7,10-11H2. The minimum absolute atomic E-state index is 0.941. The maximum absolute atomic E-state index is 6.30. The van der Waals surface area contributed by atoms with Gasteiger partial charge in [-0.3, -0.25) is 0 Å². The zero-order chi connectivity index (χ0) is 14.8. The van der Waals surface area contributed by atoms with Crippen LogP contribution in [0.15, 0.2) is 41.8 Å². The van der Waals surface area contributed by atoms with Crippen molar-refractivity contribution < 1.29 is 4.42 Å². The summed E-state index contributed by atoms with van der Waals surface area (Å²) in [6, 6.07) is 8.55. The van der Waals surface area contributed by atoms with Crippen molar-refractivity contribution in [1.29, 1.82) is 0 Å². The summed E-state index contributed by atoms with van der Waals surface area (Å²) in [4.78, 5) is 0. The van der Waals surface area contributed by atoms with Gasteiger partial charge in [-0.25, -0.2) is 0 Å². The smallest absolute Gasteiger partial charge is 0.211 e. The Bertz CT molecular complexity index is 1090. The summed E-state index contributed by atoms with van der Waals surface area (Å²) in [5, 5.41) is 3.65. The van der Waals surface area contributed by atoms with E-state index in [2.05, 4.69) is 46.6 Å². The van der Waals surface area contributed by atoms with Crippen LogP contribution in [0.2, 0.25) is 0 Å². The highest BCUT2D eigenvalue weighted by Crippen LogP contribution is 2.42. The van der Waals surface area contributed by atoms with Gasteiger partial charge < -0.3 is 13.6 Å². The molecule has 1 aliphatic heterocycles. The molecular formula is C19H16N2O. The Labute approximate surface area is 127 Å². The van der Waals surface area contributed by atoms with E-state index in [1.165, 1.54) is 21.7 Å². The molecule has 5 rings (SSSR count). The van der Waals surface area contributed by atoms with Crippen molar-refractivity contribution in [3.63, 3.8) is 0 Å². The van der Waals surface area contributed by atoms with Crippen LogP contribution >= 0.6 is 0 Å². The number of hydrogen-bond acceptors (Lipinski definition) is 1. The number of benzene rings is 1. The first-order chi connectivity index (χ1) is 10.8. The van der Waals surface area contributed by atoms with Crippen molar-refractivity contribution in [3.8, 4) is 0 Å². The fourth-order valence-corrected chi connectivity index (χ4v) is 3.96. The van der Waals surface area contributed by atoms with Crippen molar-refractivity contribution in [2.75, 3.05) is 0 Å². The lowest BCUT2D eigenvalue weighted by atomic mass is 10.1. The fraction of sp³-hybridized carbons (Fsp3) is 0.158. The van der Waals surface area contributed by atoms with Crippen molar-refractivity contribution in [3.05, 3.63) is 48.7 Å². The highest BCUT2D eigenvalue weighted by atomic mass is 16.4. The number of rotatable bonds is 2. The molecule has 22 heavy (non-hydrogen) atoms. The molecule has 3 aromatic heterocycles. The molecule has 0 saturated heterocycles. The summed E-state index contributed by atoms with van der Waals surface area (Å²) in [5.74, 6) is 0. The number of hydrogen-bond donors (Lipinski definition) is 0. The van der Waals surface area contributed by atoms with Gasteiger partial charge in [0, 0.05) is 24.0 Å². The monoisotopic (exact) mass is 288 g/mol. The lowest BCUT2D eigenvalue weighted by Crippen LogP contribution is -2.07. The van der Waals surface area contributed by atoms with Gasteiger partial charge in [0.25, 0.3) is 0 Å². The summed E-state index contributed by atoms with van der Waals surface area (Å²) in [6.07, 6.45) is 4.92. The van der Waals surface area contributed by atoms with Crippen molar-refractivity contribution in [1.82, 2.24) is 9.13 Å². The number of para-hydroxylation sites is 1. The van der Waals surface area contributed by atoms with E-state index in [1.807, 2.05) is 12.2 Å². The van der Waals surface area contributed by atoms with Gasteiger partial charge in [0.05, 0.1) is 22.0 Å². The Morgan fingerprint density at radius 1 is 0.955 bits per heavy atom. The molecule has 1 aliphatic rings. The van der Waals surface area contributed by atoms with E-state index in [0.717, 1.165) is 42.2 Å². The zero-order valence-electron chi connectivity index (χ0n) is 12.3. The van der Waals surface area contributed by atoms with Crippen LogP contribution in [0.1, 0.15) is 17.7 Å². The van der Waals surface area contributed by atoms with Crippen LogP contribution in [-0.4, -0.2) is 9.13 Å². The Hall–Kier alpha value is -2.68. The van der Waals surface area contributed by atoms with Gasteiger partial charge >= 0.3 is 0 Å². The maximum atomic E-state index is 6.30. The van der Waals surface area contributed by atoms with Gasteiger partial charge in [-0.15, -0.1) is 0 Å². The molecule has 0 spiro atoms.